The van der Waals surface area contributed by atoms with Gasteiger partial charge in [-0.15, -0.1) is 0 Å². The van der Waals surface area contributed by atoms with Crippen molar-refractivity contribution in [3.63, 3.8) is 0 Å². The van der Waals surface area contributed by atoms with Crippen molar-refractivity contribution in [3.8, 4) is 0 Å². The van der Waals surface area contributed by atoms with Crippen LogP contribution in [-0.4, -0.2) is 56.2 Å². The van der Waals surface area contributed by atoms with E-state index in [1.807, 2.05) is 0 Å². The molecule has 1 aliphatic rings. The number of amides is 1. The van der Waals surface area contributed by atoms with Crippen LogP contribution < -0.4 is 5.32 Å². The Kier molecular flexibility index (Phi) is 6.25. The summed E-state index contributed by atoms with van der Waals surface area (Å²) in [5.41, 5.74) is 0. The van der Waals surface area contributed by atoms with E-state index in [1.165, 1.54) is 0 Å². The second kappa shape index (κ2) is 7.47. The quantitative estimate of drug-likeness (QED) is 0.677. The molecule has 0 radical (unpaired) electrons. The molecule has 0 aromatic rings. The Balaban J connectivity index is 2.41. The smallest absolute Gasteiger partial charge is 0.406 e. The highest BCUT2D eigenvalue weighted by Crippen LogP contribution is 2.27. The topological polar surface area (TPSA) is 58.6 Å². The van der Waals surface area contributed by atoms with Gasteiger partial charge in [-0.3, -0.25) is 9.59 Å². The molecule has 0 aromatic carbocycles. The predicted octanol–water partition coefficient (Wildman–Crippen LogP) is 0.940. The molecule has 0 unspecified atom stereocenters. The zero-order chi connectivity index (χ0) is 15.2. The number of esters is 1. The van der Waals surface area contributed by atoms with Crippen molar-refractivity contribution in [3.05, 3.63) is 0 Å². The van der Waals surface area contributed by atoms with Crippen LogP contribution >= 0.6 is 0 Å². The average molecular weight is 296 g/mol. The lowest BCUT2D eigenvalue weighted by Gasteiger charge is -2.23. The van der Waals surface area contributed by atoms with Crippen LogP contribution in [0.2, 0.25) is 0 Å². The highest BCUT2D eigenvalue weighted by molar-refractivity contribution is 5.79. The third-order valence-electron chi connectivity index (χ3n) is 2.94. The van der Waals surface area contributed by atoms with Crippen LogP contribution in [0.1, 0.15) is 19.3 Å². The second-order valence-electron chi connectivity index (χ2n) is 4.83. The van der Waals surface area contributed by atoms with Crippen LogP contribution in [-0.2, 0) is 14.3 Å². The lowest BCUT2D eigenvalue weighted by atomic mass is 10.3. The van der Waals surface area contributed by atoms with Gasteiger partial charge in [0.25, 0.3) is 0 Å². The van der Waals surface area contributed by atoms with Gasteiger partial charge in [-0.2, -0.15) is 13.2 Å². The summed E-state index contributed by atoms with van der Waals surface area (Å²) < 4.78 is 41.6. The van der Waals surface area contributed by atoms with E-state index in [0.717, 1.165) is 20.0 Å². The fourth-order valence-electron chi connectivity index (χ4n) is 1.65. The van der Waals surface area contributed by atoms with E-state index < -0.39 is 24.6 Å². The Morgan fingerprint density at radius 1 is 1.35 bits per heavy atom. The van der Waals surface area contributed by atoms with Gasteiger partial charge in [-0.25, -0.2) is 0 Å². The molecule has 0 saturated heterocycles. The van der Waals surface area contributed by atoms with Gasteiger partial charge in [-0.1, -0.05) is 0 Å². The number of nitrogens with one attached hydrogen (secondary N) is 1. The van der Waals surface area contributed by atoms with Gasteiger partial charge < -0.3 is 15.0 Å². The number of rotatable bonds is 8. The summed E-state index contributed by atoms with van der Waals surface area (Å²) in [5, 5.41) is 2.84. The first-order valence-corrected chi connectivity index (χ1v) is 6.44. The summed E-state index contributed by atoms with van der Waals surface area (Å²) in [5.74, 6) is -0.767. The summed E-state index contributed by atoms with van der Waals surface area (Å²) >= 11 is 0. The van der Waals surface area contributed by atoms with E-state index in [0.29, 0.717) is 17.4 Å². The first-order chi connectivity index (χ1) is 9.31. The molecule has 1 rings (SSSR count). The summed E-state index contributed by atoms with van der Waals surface area (Å²) in [4.78, 5) is 23.3. The minimum Gasteiger partial charge on any atom is -0.469 e. The third kappa shape index (κ3) is 7.32. The number of nitrogens with zero attached hydrogens (tertiary/aromatic N) is 1. The molecule has 20 heavy (non-hydrogen) atoms. The van der Waals surface area contributed by atoms with Crippen molar-refractivity contribution >= 4 is 11.9 Å². The number of ether oxygens (including phenoxy) is 1. The molecule has 5 nitrogen and oxygen atoms in total. The molecule has 1 fully saturated rings. The van der Waals surface area contributed by atoms with Gasteiger partial charge in [0.1, 0.15) is 6.54 Å². The highest BCUT2D eigenvalue weighted by atomic mass is 19.4. The largest absolute Gasteiger partial charge is 0.469 e. The van der Waals surface area contributed by atoms with Gasteiger partial charge in [-0.05, 0) is 25.3 Å². The number of methoxy groups -OCH3 is 1. The van der Waals surface area contributed by atoms with Crippen LogP contribution in [0.25, 0.3) is 0 Å². The fraction of sp³-hybridized carbons (Fsp3) is 0.833. The van der Waals surface area contributed by atoms with E-state index in [9.17, 15) is 22.8 Å². The maximum Gasteiger partial charge on any atom is 0.406 e. The van der Waals surface area contributed by atoms with E-state index in [1.54, 1.807) is 0 Å². The van der Waals surface area contributed by atoms with Gasteiger partial charge in [0.2, 0.25) is 5.91 Å². The number of carbonyl (C=O) groups excluding carboxylic acids is 2. The van der Waals surface area contributed by atoms with Crippen molar-refractivity contribution < 1.29 is 27.5 Å². The van der Waals surface area contributed by atoms with Crippen LogP contribution in [0.3, 0.4) is 0 Å². The lowest BCUT2D eigenvalue weighted by Crippen LogP contribution is -2.44. The summed E-state index contributed by atoms with van der Waals surface area (Å²) in [7, 11) is 1.15. The number of carbonyl (C=O) groups is 2. The first-order valence-electron chi connectivity index (χ1n) is 6.44. The fourth-order valence-corrected chi connectivity index (χ4v) is 1.65. The van der Waals surface area contributed by atoms with Crippen LogP contribution in [0.5, 0.6) is 0 Å². The molecule has 1 aliphatic carbocycles. The molecule has 1 amide bonds. The Hall–Kier alpha value is -1.31. The predicted molar refractivity (Wildman–Crippen MR) is 64.9 cm³/mol. The number of alkyl halides is 3. The van der Waals surface area contributed by atoms with Crippen molar-refractivity contribution in [1.82, 2.24) is 10.2 Å². The first kappa shape index (κ1) is 16.7. The van der Waals surface area contributed by atoms with Crippen molar-refractivity contribution in [2.24, 2.45) is 5.92 Å². The van der Waals surface area contributed by atoms with Crippen molar-refractivity contribution in [2.45, 2.75) is 25.4 Å². The summed E-state index contributed by atoms with van der Waals surface area (Å²) in [6, 6.07) is 0. The van der Waals surface area contributed by atoms with Crippen LogP contribution in [0.4, 0.5) is 13.2 Å². The molecule has 0 bridgehead atoms. The summed E-state index contributed by atoms with van der Waals surface area (Å²) in [6.07, 6.45) is -2.55. The molecule has 8 heteroatoms. The molecule has 0 spiro atoms. The second-order valence-corrected chi connectivity index (χ2v) is 4.83. The zero-order valence-electron chi connectivity index (χ0n) is 11.3. The Morgan fingerprint density at radius 2 is 2.00 bits per heavy atom. The van der Waals surface area contributed by atoms with E-state index >= 15 is 0 Å². The molecular formula is C12H19F3N2O3. The molecule has 1 N–H and O–H groups in total. The molecule has 116 valence electrons. The van der Waals surface area contributed by atoms with E-state index in [2.05, 4.69) is 10.1 Å². The van der Waals surface area contributed by atoms with Gasteiger partial charge in [0.05, 0.1) is 20.1 Å². The SMILES string of the molecule is COC(=O)CCN(CC(F)(F)F)C(=O)CNCC1CC1. The Morgan fingerprint density at radius 3 is 2.50 bits per heavy atom. The number of halogens is 3. The minimum absolute atomic E-state index is 0.145. The van der Waals surface area contributed by atoms with Gasteiger partial charge in [0.15, 0.2) is 0 Å². The van der Waals surface area contributed by atoms with Crippen molar-refractivity contribution in [1.29, 1.82) is 0 Å². The zero-order valence-corrected chi connectivity index (χ0v) is 11.3. The molecule has 0 aliphatic heterocycles. The van der Waals surface area contributed by atoms with Gasteiger partial charge in [0, 0.05) is 6.54 Å². The van der Waals surface area contributed by atoms with E-state index in [4.69, 9.17) is 0 Å². The maximum atomic E-state index is 12.4. The van der Waals surface area contributed by atoms with Crippen molar-refractivity contribution in [2.75, 3.05) is 33.3 Å². The molecule has 0 heterocycles. The standard InChI is InChI=1S/C12H19F3N2O3/c1-20-11(19)4-5-17(8-12(13,14)15)10(18)7-16-6-9-2-3-9/h9,16H,2-8H2,1H3. The molecular weight excluding hydrogens is 277 g/mol. The van der Waals surface area contributed by atoms with E-state index in [-0.39, 0.29) is 19.5 Å². The van der Waals surface area contributed by atoms with Gasteiger partial charge >= 0.3 is 12.1 Å². The molecule has 0 atom stereocenters. The highest BCUT2D eigenvalue weighted by Gasteiger charge is 2.33. The van der Waals surface area contributed by atoms with Crippen LogP contribution in [0, 0.1) is 5.92 Å². The number of hydrogen-bond donors (Lipinski definition) is 1. The normalized spacial score (nSPS) is 15.0. The Labute approximate surface area is 115 Å². The molecule has 1 saturated carbocycles. The maximum absolute atomic E-state index is 12.4. The average Bonchev–Trinajstić information content (AvgIpc) is 3.16. The summed E-state index contributed by atoms with van der Waals surface area (Å²) in [6.45, 7) is -1.15. The minimum atomic E-state index is -4.48. The number of hydrogen-bond acceptors (Lipinski definition) is 4. The third-order valence-corrected chi connectivity index (χ3v) is 2.94. The molecule has 0 aromatic heterocycles. The Bertz CT molecular complexity index is 343. The lowest BCUT2D eigenvalue weighted by molar-refractivity contribution is -0.162. The monoisotopic (exact) mass is 296 g/mol. The van der Waals surface area contributed by atoms with Crippen LogP contribution in [0.15, 0.2) is 0 Å².